The zero-order valence-electron chi connectivity index (χ0n) is 12.0. The van der Waals surface area contributed by atoms with Crippen LogP contribution in [0.3, 0.4) is 0 Å². The Morgan fingerprint density at radius 2 is 2.18 bits per heavy atom. The molecule has 0 bridgehead atoms. The first-order valence-corrected chi connectivity index (χ1v) is 9.65. The van der Waals surface area contributed by atoms with Gasteiger partial charge in [-0.3, -0.25) is 0 Å². The minimum absolute atomic E-state index is 0.115. The molecule has 1 atom stereocenters. The summed E-state index contributed by atoms with van der Waals surface area (Å²) < 4.78 is 27.7. The summed E-state index contributed by atoms with van der Waals surface area (Å²) in [6, 6.07) is 3.77. The van der Waals surface area contributed by atoms with Gasteiger partial charge in [-0.05, 0) is 47.7 Å². The Morgan fingerprint density at radius 3 is 2.86 bits per heavy atom. The van der Waals surface area contributed by atoms with Crippen LogP contribution in [0.4, 0.5) is 5.82 Å². The highest BCUT2D eigenvalue weighted by Gasteiger charge is 2.37. The molecule has 0 amide bonds. The van der Waals surface area contributed by atoms with Crippen LogP contribution in [0.15, 0.2) is 16.7 Å². The van der Waals surface area contributed by atoms with E-state index in [0.29, 0.717) is 17.9 Å². The normalized spacial score (nSPS) is 22.4. The molecule has 2 fully saturated rings. The minimum Gasteiger partial charge on any atom is -0.354 e. The van der Waals surface area contributed by atoms with Gasteiger partial charge in [-0.1, -0.05) is 0 Å². The third-order valence-electron chi connectivity index (χ3n) is 3.97. The molecule has 3 rings (SSSR count). The van der Waals surface area contributed by atoms with Crippen molar-refractivity contribution in [3.63, 3.8) is 0 Å². The highest BCUT2D eigenvalue weighted by molar-refractivity contribution is 9.10. The van der Waals surface area contributed by atoms with Gasteiger partial charge in [0.15, 0.2) is 0 Å². The van der Waals surface area contributed by atoms with Crippen LogP contribution in [0.25, 0.3) is 0 Å². The zero-order valence-corrected chi connectivity index (χ0v) is 14.4. The fourth-order valence-electron chi connectivity index (χ4n) is 2.74. The van der Waals surface area contributed by atoms with Crippen molar-refractivity contribution in [3.05, 3.63) is 22.3 Å². The predicted molar refractivity (Wildman–Crippen MR) is 87.0 cm³/mol. The number of halogens is 1. The maximum atomic E-state index is 12.1. The molecular formula is C14H17BrN4O2S. The standard InChI is InChI=1S/C14H17BrN4O2S/c15-11-6-10(7-16)14(17-8-11)19-5-1-2-12(9-19)18-22(20,21)13-3-4-13/h6,8,12-13,18H,1-5,9H2. The Kier molecular flexibility index (Phi) is 4.39. The molecule has 1 N–H and O–H groups in total. The molecule has 1 aromatic rings. The Labute approximate surface area is 138 Å². The van der Waals surface area contributed by atoms with Crippen LogP contribution in [0.5, 0.6) is 0 Å². The number of nitrogens with zero attached hydrogens (tertiary/aromatic N) is 3. The molecule has 2 aliphatic rings. The smallest absolute Gasteiger partial charge is 0.214 e. The predicted octanol–water partition coefficient (Wildman–Crippen LogP) is 1.77. The van der Waals surface area contributed by atoms with Gasteiger partial charge in [0.05, 0.1) is 10.8 Å². The van der Waals surface area contributed by atoms with E-state index < -0.39 is 10.0 Å². The number of hydrogen-bond acceptors (Lipinski definition) is 5. The van der Waals surface area contributed by atoms with Crippen LogP contribution in [0.2, 0.25) is 0 Å². The summed E-state index contributed by atoms with van der Waals surface area (Å²) in [5, 5.41) is 9.05. The largest absolute Gasteiger partial charge is 0.354 e. The lowest BCUT2D eigenvalue weighted by molar-refractivity contribution is 0.463. The van der Waals surface area contributed by atoms with Gasteiger partial charge in [-0.15, -0.1) is 0 Å². The number of sulfonamides is 1. The van der Waals surface area contributed by atoms with Crippen molar-refractivity contribution in [2.45, 2.75) is 37.0 Å². The third-order valence-corrected chi connectivity index (χ3v) is 6.41. The summed E-state index contributed by atoms with van der Waals surface area (Å²) in [5.74, 6) is 0.626. The van der Waals surface area contributed by atoms with Crippen molar-refractivity contribution >= 4 is 31.8 Å². The topological polar surface area (TPSA) is 86.1 Å². The molecule has 1 saturated carbocycles. The summed E-state index contributed by atoms with van der Waals surface area (Å²) in [5.41, 5.74) is 0.500. The van der Waals surface area contributed by atoms with Crippen LogP contribution in [0, 0.1) is 11.3 Å². The maximum absolute atomic E-state index is 12.1. The number of hydrogen-bond donors (Lipinski definition) is 1. The summed E-state index contributed by atoms with van der Waals surface area (Å²) in [6.45, 7) is 1.33. The van der Waals surface area contributed by atoms with Gasteiger partial charge in [-0.2, -0.15) is 5.26 Å². The van der Waals surface area contributed by atoms with Crippen molar-refractivity contribution in [2.75, 3.05) is 18.0 Å². The first-order chi connectivity index (χ1) is 10.5. The second kappa shape index (κ2) is 6.14. The molecule has 0 aromatic carbocycles. The Bertz CT molecular complexity index is 712. The number of piperidine rings is 1. The van der Waals surface area contributed by atoms with Crippen LogP contribution >= 0.6 is 15.9 Å². The van der Waals surface area contributed by atoms with Crippen molar-refractivity contribution in [3.8, 4) is 6.07 Å². The molecule has 8 heteroatoms. The van der Waals surface area contributed by atoms with E-state index in [1.54, 1.807) is 12.3 Å². The second-order valence-corrected chi connectivity index (χ2v) is 8.69. The SMILES string of the molecule is N#Cc1cc(Br)cnc1N1CCCC(NS(=O)(=O)C2CC2)C1. The van der Waals surface area contributed by atoms with Gasteiger partial charge in [0, 0.05) is 29.8 Å². The van der Waals surface area contributed by atoms with Crippen LogP contribution in [0.1, 0.15) is 31.2 Å². The van der Waals surface area contributed by atoms with Gasteiger partial charge in [0.1, 0.15) is 11.9 Å². The third kappa shape index (κ3) is 3.42. The number of nitrogens with one attached hydrogen (secondary N) is 1. The minimum atomic E-state index is -3.18. The van der Waals surface area contributed by atoms with Gasteiger partial charge in [-0.25, -0.2) is 18.1 Å². The van der Waals surface area contributed by atoms with Crippen molar-refractivity contribution in [1.82, 2.24) is 9.71 Å². The van der Waals surface area contributed by atoms with Crippen LogP contribution in [-0.2, 0) is 10.0 Å². The fraction of sp³-hybridized carbons (Fsp3) is 0.571. The van der Waals surface area contributed by atoms with E-state index in [2.05, 4.69) is 31.7 Å². The van der Waals surface area contributed by atoms with Gasteiger partial charge in [0.2, 0.25) is 10.0 Å². The number of pyridine rings is 1. The first-order valence-electron chi connectivity index (χ1n) is 7.31. The van der Waals surface area contributed by atoms with Crippen LogP contribution in [-0.4, -0.2) is 37.8 Å². The quantitative estimate of drug-likeness (QED) is 0.854. The molecule has 2 heterocycles. The zero-order chi connectivity index (χ0) is 15.7. The van der Waals surface area contributed by atoms with Gasteiger partial charge < -0.3 is 4.90 Å². The molecule has 0 spiro atoms. The molecule has 0 radical (unpaired) electrons. The highest BCUT2D eigenvalue weighted by Crippen LogP contribution is 2.29. The van der Waals surface area contributed by atoms with Crippen molar-refractivity contribution in [2.24, 2.45) is 0 Å². The summed E-state index contributed by atoms with van der Waals surface area (Å²) in [4.78, 5) is 6.33. The van der Waals surface area contributed by atoms with E-state index in [1.165, 1.54) is 0 Å². The maximum Gasteiger partial charge on any atom is 0.214 e. The van der Waals surface area contributed by atoms with E-state index in [9.17, 15) is 13.7 Å². The number of rotatable bonds is 4. The molecular weight excluding hydrogens is 368 g/mol. The Balaban J connectivity index is 1.74. The lowest BCUT2D eigenvalue weighted by Crippen LogP contribution is -2.49. The molecule has 1 aliphatic carbocycles. The fourth-order valence-corrected chi connectivity index (χ4v) is 4.68. The average Bonchev–Trinajstić information content (AvgIpc) is 3.32. The first kappa shape index (κ1) is 15.7. The van der Waals surface area contributed by atoms with E-state index in [0.717, 1.165) is 36.7 Å². The molecule has 6 nitrogen and oxygen atoms in total. The number of anilines is 1. The number of aromatic nitrogens is 1. The monoisotopic (exact) mass is 384 g/mol. The molecule has 1 aromatic heterocycles. The molecule has 1 aliphatic heterocycles. The molecule has 22 heavy (non-hydrogen) atoms. The van der Waals surface area contributed by atoms with Crippen LogP contribution < -0.4 is 9.62 Å². The Hall–Kier alpha value is -1.17. The van der Waals surface area contributed by atoms with Gasteiger partial charge in [0.25, 0.3) is 0 Å². The molecule has 1 saturated heterocycles. The second-order valence-electron chi connectivity index (χ2n) is 5.78. The number of nitriles is 1. The van der Waals surface area contributed by atoms with Crippen molar-refractivity contribution in [1.29, 1.82) is 5.26 Å². The lowest BCUT2D eigenvalue weighted by Gasteiger charge is -2.34. The Morgan fingerprint density at radius 1 is 1.41 bits per heavy atom. The highest BCUT2D eigenvalue weighted by atomic mass is 79.9. The summed E-state index contributed by atoms with van der Waals surface area (Å²) in [7, 11) is -3.18. The van der Waals surface area contributed by atoms with E-state index in [4.69, 9.17) is 0 Å². The average molecular weight is 385 g/mol. The molecule has 1 unspecified atom stereocenters. The summed E-state index contributed by atoms with van der Waals surface area (Å²) in [6.07, 6.45) is 4.88. The van der Waals surface area contributed by atoms with E-state index in [1.807, 2.05) is 4.90 Å². The lowest BCUT2D eigenvalue weighted by atomic mass is 10.1. The summed E-state index contributed by atoms with van der Waals surface area (Å²) >= 11 is 3.31. The van der Waals surface area contributed by atoms with E-state index in [-0.39, 0.29) is 11.3 Å². The van der Waals surface area contributed by atoms with Crippen molar-refractivity contribution < 1.29 is 8.42 Å². The van der Waals surface area contributed by atoms with E-state index >= 15 is 0 Å². The van der Waals surface area contributed by atoms with Gasteiger partial charge >= 0.3 is 0 Å². The molecule has 118 valence electrons.